The number of aromatic nitrogens is 2. The number of hydrogen-bond donors (Lipinski definition) is 0. The van der Waals surface area contributed by atoms with Crippen LogP contribution in [-0.2, 0) is 0 Å². The van der Waals surface area contributed by atoms with E-state index >= 15 is 0 Å². The molecule has 2 nitrogen and oxygen atoms in total. The van der Waals surface area contributed by atoms with Gasteiger partial charge in [-0.2, -0.15) is 0 Å². The lowest BCUT2D eigenvalue weighted by atomic mass is 9.96. The van der Waals surface area contributed by atoms with E-state index in [0.717, 1.165) is 22.2 Å². The van der Waals surface area contributed by atoms with Gasteiger partial charge in [0.15, 0.2) is 0 Å². The number of rotatable bonds is 0. The summed E-state index contributed by atoms with van der Waals surface area (Å²) in [5.41, 5.74) is 3.38. The Balaban J connectivity index is 2.80. The van der Waals surface area contributed by atoms with E-state index in [9.17, 15) is 0 Å². The Bertz CT molecular complexity index is 389. The fourth-order valence-electron chi connectivity index (χ4n) is 1.12. The van der Waals surface area contributed by atoms with E-state index in [4.69, 9.17) is 7.85 Å². The molecule has 0 aliphatic carbocycles. The number of hydrogen-bond acceptors (Lipinski definition) is 2. The van der Waals surface area contributed by atoms with Crippen LogP contribution in [0.15, 0.2) is 24.4 Å². The van der Waals surface area contributed by atoms with Gasteiger partial charge in [0.2, 0.25) is 0 Å². The fourth-order valence-corrected chi connectivity index (χ4v) is 1.12. The van der Waals surface area contributed by atoms with E-state index in [1.807, 2.05) is 25.1 Å². The highest BCUT2D eigenvalue weighted by molar-refractivity contribution is 6.33. The van der Waals surface area contributed by atoms with Crippen molar-refractivity contribution < 1.29 is 0 Å². The standard InChI is InChI=1S/C9H7BN2/c1-6-5-11-8-3-2-7(10)4-9(8)12-6/h2-5H,1H3. The van der Waals surface area contributed by atoms with Gasteiger partial charge in [-0.1, -0.05) is 11.5 Å². The summed E-state index contributed by atoms with van der Waals surface area (Å²) in [6, 6.07) is 5.53. The summed E-state index contributed by atoms with van der Waals surface area (Å²) < 4.78 is 0. The van der Waals surface area contributed by atoms with Crippen molar-refractivity contribution in [2.45, 2.75) is 6.92 Å². The lowest BCUT2D eigenvalue weighted by Gasteiger charge is -1.98. The first kappa shape index (κ1) is 7.28. The largest absolute Gasteiger partial charge is 0.253 e. The normalized spacial score (nSPS) is 10.4. The van der Waals surface area contributed by atoms with E-state index in [1.54, 1.807) is 6.20 Å². The molecule has 0 fully saturated rings. The molecule has 12 heavy (non-hydrogen) atoms. The molecule has 0 unspecified atom stereocenters. The van der Waals surface area contributed by atoms with Crippen LogP contribution in [0.2, 0.25) is 0 Å². The van der Waals surface area contributed by atoms with Gasteiger partial charge < -0.3 is 0 Å². The van der Waals surface area contributed by atoms with E-state index in [2.05, 4.69) is 9.97 Å². The lowest BCUT2D eigenvalue weighted by molar-refractivity contribution is 1.19. The average Bonchev–Trinajstić information content (AvgIpc) is 2.03. The van der Waals surface area contributed by atoms with Gasteiger partial charge in [0.05, 0.1) is 16.7 Å². The minimum atomic E-state index is 0.724. The van der Waals surface area contributed by atoms with Crippen LogP contribution in [-0.4, -0.2) is 17.8 Å². The van der Waals surface area contributed by atoms with Crippen molar-refractivity contribution in [3.63, 3.8) is 0 Å². The van der Waals surface area contributed by atoms with E-state index in [0.29, 0.717) is 0 Å². The van der Waals surface area contributed by atoms with Crippen LogP contribution in [0.4, 0.5) is 0 Å². The Morgan fingerprint density at radius 3 is 2.92 bits per heavy atom. The second-order valence-corrected chi connectivity index (χ2v) is 2.76. The molecule has 0 spiro atoms. The zero-order valence-electron chi connectivity index (χ0n) is 6.78. The lowest BCUT2D eigenvalue weighted by Crippen LogP contribution is -2.01. The molecule has 2 radical (unpaired) electrons. The zero-order valence-corrected chi connectivity index (χ0v) is 6.78. The van der Waals surface area contributed by atoms with Crippen LogP contribution in [0, 0.1) is 6.92 Å². The molecule has 1 aromatic carbocycles. The van der Waals surface area contributed by atoms with Gasteiger partial charge in [-0.05, 0) is 19.1 Å². The Morgan fingerprint density at radius 1 is 1.25 bits per heavy atom. The fraction of sp³-hybridized carbons (Fsp3) is 0.111. The van der Waals surface area contributed by atoms with Crippen molar-refractivity contribution in [1.29, 1.82) is 0 Å². The number of benzene rings is 1. The van der Waals surface area contributed by atoms with Gasteiger partial charge in [-0.25, -0.2) is 4.98 Å². The Labute approximate surface area is 72.1 Å². The van der Waals surface area contributed by atoms with Crippen molar-refractivity contribution >= 4 is 24.3 Å². The molecule has 56 valence electrons. The maximum atomic E-state index is 5.61. The van der Waals surface area contributed by atoms with Crippen molar-refractivity contribution in [1.82, 2.24) is 9.97 Å². The van der Waals surface area contributed by atoms with Gasteiger partial charge in [0.25, 0.3) is 0 Å². The van der Waals surface area contributed by atoms with Crippen LogP contribution in [0.1, 0.15) is 5.69 Å². The van der Waals surface area contributed by atoms with Crippen LogP contribution >= 0.6 is 0 Å². The van der Waals surface area contributed by atoms with Crippen molar-refractivity contribution in [3.8, 4) is 0 Å². The Morgan fingerprint density at radius 2 is 2.08 bits per heavy atom. The molecule has 2 rings (SSSR count). The molecule has 0 N–H and O–H groups in total. The average molecular weight is 154 g/mol. The van der Waals surface area contributed by atoms with Crippen LogP contribution in [0.5, 0.6) is 0 Å². The second kappa shape index (κ2) is 2.59. The van der Waals surface area contributed by atoms with Crippen molar-refractivity contribution in [2.75, 3.05) is 0 Å². The van der Waals surface area contributed by atoms with Crippen molar-refractivity contribution in [3.05, 3.63) is 30.1 Å². The quantitative estimate of drug-likeness (QED) is 0.522. The first-order chi connectivity index (χ1) is 5.75. The van der Waals surface area contributed by atoms with Crippen LogP contribution in [0.25, 0.3) is 11.0 Å². The highest BCUT2D eigenvalue weighted by atomic mass is 14.8. The molecule has 0 bridgehead atoms. The van der Waals surface area contributed by atoms with Crippen molar-refractivity contribution in [2.24, 2.45) is 0 Å². The molecule has 3 heteroatoms. The smallest absolute Gasteiger partial charge is 0.113 e. The molecular formula is C9H7BN2. The number of aryl methyl sites for hydroxylation is 1. The molecule has 1 aromatic heterocycles. The predicted molar refractivity (Wildman–Crippen MR) is 49.7 cm³/mol. The molecule has 0 saturated carbocycles. The molecule has 0 aliphatic heterocycles. The second-order valence-electron chi connectivity index (χ2n) is 2.76. The third-order valence-corrected chi connectivity index (χ3v) is 1.69. The topological polar surface area (TPSA) is 25.8 Å². The molecule has 0 saturated heterocycles. The highest BCUT2D eigenvalue weighted by Gasteiger charge is 1.95. The molecule has 1 heterocycles. The van der Waals surface area contributed by atoms with Gasteiger partial charge >= 0.3 is 0 Å². The molecule has 0 amide bonds. The Hall–Kier alpha value is -1.38. The van der Waals surface area contributed by atoms with E-state index < -0.39 is 0 Å². The third-order valence-electron chi connectivity index (χ3n) is 1.69. The molecular weight excluding hydrogens is 147 g/mol. The molecule has 0 aliphatic rings. The SMILES string of the molecule is [B]c1ccc2ncc(C)nc2c1. The maximum absolute atomic E-state index is 5.61. The summed E-state index contributed by atoms with van der Waals surface area (Å²) in [6.45, 7) is 1.91. The van der Waals surface area contributed by atoms with Gasteiger partial charge in [-0.15, -0.1) is 0 Å². The third kappa shape index (κ3) is 1.18. The molecule has 2 aromatic rings. The van der Waals surface area contributed by atoms with Crippen LogP contribution in [0.3, 0.4) is 0 Å². The summed E-state index contributed by atoms with van der Waals surface area (Å²) in [5, 5.41) is 0. The van der Waals surface area contributed by atoms with E-state index in [-0.39, 0.29) is 0 Å². The number of fused-ring (bicyclic) bond motifs is 1. The Kier molecular flexibility index (Phi) is 1.57. The van der Waals surface area contributed by atoms with Gasteiger partial charge in [0.1, 0.15) is 7.85 Å². The predicted octanol–water partition coefficient (Wildman–Crippen LogP) is 0.732. The summed E-state index contributed by atoms with van der Waals surface area (Å²) in [5.74, 6) is 0. The van der Waals surface area contributed by atoms with Crippen LogP contribution < -0.4 is 5.46 Å². The van der Waals surface area contributed by atoms with E-state index in [1.165, 1.54) is 0 Å². The van der Waals surface area contributed by atoms with Gasteiger partial charge in [0, 0.05) is 6.20 Å². The first-order valence-electron chi connectivity index (χ1n) is 3.74. The van der Waals surface area contributed by atoms with Gasteiger partial charge in [-0.3, -0.25) is 4.98 Å². The summed E-state index contributed by atoms with van der Waals surface area (Å²) >= 11 is 0. The highest BCUT2D eigenvalue weighted by Crippen LogP contribution is 2.05. The zero-order chi connectivity index (χ0) is 8.55. The maximum Gasteiger partial charge on any atom is 0.113 e. The minimum Gasteiger partial charge on any atom is -0.253 e. The molecule has 0 atom stereocenters. The first-order valence-corrected chi connectivity index (χ1v) is 3.74. The summed E-state index contributed by atoms with van der Waals surface area (Å²) in [6.07, 6.45) is 1.75. The summed E-state index contributed by atoms with van der Waals surface area (Å²) in [4.78, 5) is 8.50. The summed E-state index contributed by atoms with van der Waals surface area (Å²) in [7, 11) is 5.61. The minimum absolute atomic E-state index is 0.724. The monoisotopic (exact) mass is 154 g/mol. The number of nitrogens with zero attached hydrogens (tertiary/aromatic N) is 2.